The molecule has 0 aliphatic carbocycles. The molecule has 3 aliphatic rings. The Bertz CT molecular complexity index is 801. The molecule has 1 N–H and O–H groups in total. The minimum Gasteiger partial charge on any atom is -0.475 e. The number of ether oxygens (including phenoxy) is 1. The molecule has 32 heavy (non-hydrogen) atoms. The highest BCUT2D eigenvalue weighted by molar-refractivity contribution is 5.94. The molecule has 9 heteroatoms. The lowest BCUT2D eigenvalue weighted by molar-refractivity contribution is -0.192. The van der Waals surface area contributed by atoms with Gasteiger partial charge in [-0.3, -0.25) is 4.79 Å². The van der Waals surface area contributed by atoms with E-state index in [0.29, 0.717) is 11.5 Å². The van der Waals surface area contributed by atoms with Gasteiger partial charge in [0.2, 0.25) is 0 Å². The molecule has 1 atom stereocenters. The molecule has 0 bridgehead atoms. The van der Waals surface area contributed by atoms with Gasteiger partial charge in [-0.25, -0.2) is 4.79 Å². The summed E-state index contributed by atoms with van der Waals surface area (Å²) in [7, 11) is 0. The molecule has 1 unspecified atom stereocenters. The second-order valence-corrected chi connectivity index (χ2v) is 9.11. The van der Waals surface area contributed by atoms with Crippen LogP contribution >= 0.6 is 0 Å². The summed E-state index contributed by atoms with van der Waals surface area (Å²) in [5.41, 5.74) is 2.28. The second kappa shape index (κ2) is 10.2. The highest BCUT2D eigenvalue weighted by Crippen LogP contribution is 2.42. The fourth-order valence-corrected chi connectivity index (χ4v) is 4.76. The predicted octanol–water partition coefficient (Wildman–Crippen LogP) is 3.74. The summed E-state index contributed by atoms with van der Waals surface area (Å²) in [6.07, 6.45) is 1.34. The van der Waals surface area contributed by atoms with Crippen LogP contribution in [-0.2, 0) is 9.53 Å². The summed E-state index contributed by atoms with van der Waals surface area (Å²) in [6, 6.07) is 7.95. The number of likely N-dealkylation sites (tertiary alicyclic amines) is 2. The molecule has 178 valence electrons. The molecule has 0 saturated carbocycles. The highest BCUT2D eigenvalue weighted by atomic mass is 19.4. The number of hydrogen-bond donors (Lipinski definition) is 1. The van der Waals surface area contributed by atoms with Crippen molar-refractivity contribution in [1.29, 1.82) is 0 Å². The van der Waals surface area contributed by atoms with Crippen LogP contribution in [0.5, 0.6) is 0 Å². The topological polar surface area (TPSA) is 70.1 Å². The molecule has 3 aliphatic heterocycles. The number of rotatable bonds is 3. The first-order chi connectivity index (χ1) is 15.1. The molecule has 1 aromatic rings. The van der Waals surface area contributed by atoms with Gasteiger partial charge in [-0.15, -0.1) is 0 Å². The van der Waals surface area contributed by atoms with Gasteiger partial charge in [-0.2, -0.15) is 13.2 Å². The van der Waals surface area contributed by atoms with E-state index in [1.165, 1.54) is 32.4 Å². The zero-order valence-electron chi connectivity index (χ0n) is 18.4. The van der Waals surface area contributed by atoms with Gasteiger partial charge in [0.15, 0.2) is 0 Å². The number of aliphatic carboxylic acids is 1. The summed E-state index contributed by atoms with van der Waals surface area (Å²) in [4.78, 5) is 26.2. The van der Waals surface area contributed by atoms with E-state index in [2.05, 4.69) is 4.90 Å². The van der Waals surface area contributed by atoms with Crippen LogP contribution in [-0.4, -0.2) is 78.4 Å². The van der Waals surface area contributed by atoms with Crippen molar-refractivity contribution in [1.82, 2.24) is 9.80 Å². The number of benzene rings is 1. The first-order valence-corrected chi connectivity index (χ1v) is 11.1. The minimum atomic E-state index is -5.08. The number of piperidine rings is 1. The molecule has 3 saturated heterocycles. The Morgan fingerprint density at radius 3 is 2.34 bits per heavy atom. The molecular formula is C23H31F3N2O4. The van der Waals surface area contributed by atoms with E-state index in [0.717, 1.165) is 50.2 Å². The zero-order valence-corrected chi connectivity index (χ0v) is 18.4. The van der Waals surface area contributed by atoms with Gasteiger partial charge < -0.3 is 19.6 Å². The number of hydrogen-bond acceptors (Lipinski definition) is 4. The Morgan fingerprint density at radius 1 is 1.16 bits per heavy atom. The van der Waals surface area contributed by atoms with Gasteiger partial charge in [-0.1, -0.05) is 17.7 Å². The number of halogens is 3. The van der Waals surface area contributed by atoms with Crippen molar-refractivity contribution in [2.45, 2.75) is 51.3 Å². The first kappa shape index (κ1) is 24.5. The van der Waals surface area contributed by atoms with Crippen LogP contribution in [0.3, 0.4) is 0 Å². The number of carbonyl (C=O) groups excluding carboxylic acids is 1. The van der Waals surface area contributed by atoms with Gasteiger partial charge >= 0.3 is 12.1 Å². The number of carboxylic acids is 1. The summed E-state index contributed by atoms with van der Waals surface area (Å²) in [5, 5.41) is 7.12. The minimum absolute atomic E-state index is 0.186. The van der Waals surface area contributed by atoms with E-state index in [-0.39, 0.29) is 5.91 Å². The van der Waals surface area contributed by atoms with E-state index in [4.69, 9.17) is 14.6 Å². The highest BCUT2D eigenvalue weighted by Gasteiger charge is 2.43. The Morgan fingerprint density at radius 2 is 1.78 bits per heavy atom. The van der Waals surface area contributed by atoms with E-state index in [1.807, 2.05) is 36.1 Å². The monoisotopic (exact) mass is 456 g/mol. The van der Waals surface area contributed by atoms with Crippen molar-refractivity contribution in [2.75, 3.05) is 39.3 Å². The summed E-state index contributed by atoms with van der Waals surface area (Å²) < 4.78 is 37.9. The zero-order chi connectivity index (χ0) is 23.4. The summed E-state index contributed by atoms with van der Waals surface area (Å²) in [5.74, 6) is -2.57. The fourth-order valence-electron chi connectivity index (χ4n) is 4.76. The molecule has 6 nitrogen and oxygen atoms in total. The normalized spacial score (nSPS) is 23.1. The average Bonchev–Trinajstić information content (AvgIpc) is 3.39. The standard InChI is InChI=1S/C21H30N2O2.C2HF3O2/c1-17-5-4-6-18(13-17)20(24)23-11-7-21(8-12-23)14-19(25-16-21)15-22-9-2-3-10-22;3-2(4,5)1(6)7/h4-6,13,19H,2-3,7-12,14-16H2,1H3;(H,6,7). The van der Waals surface area contributed by atoms with Crippen LogP contribution in [0, 0.1) is 12.3 Å². The van der Waals surface area contributed by atoms with Crippen molar-refractivity contribution < 1.29 is 32.6 Å². The molecule has 4 rings (SSSR count). The Kier molecular flexibility index (Phi) is 7.82. The van der Waals surface area contributed by atoms with Crippen molar-refractivity contribution in [3.63, 3.8) is 0 Å². The number of carboxylic acid groups (broad SMARTS) is 1. The van der Waals surface area contributed by atoms with Crippen molar-refractivity contribution in [3.05, 3.63) is 35.4 Å². The first-order valence-electron chi connectivity index (χ1n) is 11.1. The smallest absolute Gasteiger partial charge is 0.475 e. The Balaban J connectivity index is 0.000000360. The van der Waals surface area contributed by atoms with E-state index in [1.54, 1.807) is 0 Å². The lowest BCUT2D eigenvalue weighted by Crippen LogP contribution is -2.43. The van der Waals surface area contributed by atoms with Crippen LogP contribution < -0.4 is 0 Å². The van der Waals surface area contributed by atoms with Crippen LogP contribution in [0.1, 0.15) is 48.0 Å². The molecular weight excluding hydrogens is 425 g/mol. The Labute approximate surface area is 186 Å². The molecule has 0 aromatic heterocycles. The van der Waals surface area contributed by atoms with E-state index in [9.17, 15) is 18.0 Å². The molecule has 1 amide bonds. The quantitative estimate of drug-likeness (QED) is 0.751. The third kappa shape index (κ3) is 6.45. The SMILES string of the molecule is Cc1cccc(C(=O)N2CCC3(CC2)COC(CN2CCCC2)C3)c1.O=C(O)C(F)(F)F. The van der Waals surface area contributed by atoms with Crippen LogP contribution in [0.25, 0.3) is 0 Å². The largest absolute Gasteiger partial charge is 0.490 e. The van der Waals surface area contributed by atoms with Crippen molar-refractivity contribution in [3.8, 4) is 0 Å². The summed E-state index contributed by atoms with van der Waals surface area (Å²) >= 11 is 0. The number of carbonyl (C=O) groups is 2. The van der Waals surface area contributed by atoms with Crippen LogP contribution in [0.4, 0.5) is 13.2 Å². The van der Waals surface area contributed by atoms with Crippen molar-refractivity contribution >= 4 is 11.9 Å². The predicted molar refractivity (Wildman–Crippen MR) is 112 cm³/mol. The lowest BCUT2D eigenvalue weighted by atomic mass is 9.76. The number of aryl methyl sites for hydroxylation is 1. The van der Waals surface area contributed by atoms with Gasteiger partial charge in [0.05, 0.1) is 12.7 Å². The third-order valence-electron chi connectivity index (χ3n) is 6.57. The molecule has 3 heterocycles. The average molecular weight is 457 g/mol. The maximum absolute atomic E-state index is 12.7. The fraction of sp³-hybridized carbons (Fsp3) is 0.652. The molecule has 0 radical (unpaired) electrons. The van der Waals surface area contributed by atoms with Crippen molar-refractivity contribution in [2.24, 2.45) is 5.41 Å². The van der Waals surface area contributed by atoms with Gasteiger partial charge in [0, 0.05) is 25.2 Å². The maximum atomic E-state index is 12.7. The summed E-state index contributed by atoms with van der Waals surface area (Å²) in [6.45, 7) is 8.25. The van der Waals surface area contributed by atoms with E-state index < -0.39 is 12.1 Å². The van der Waals surface area contributed by atoms with E-state index >= 15 is 0 Å². The number of nitrogens with zero attached hydrogens (tertiary/aromatic N) is 2. The number of alkyl halides is 3. The Hall–Kier alpha value is -2.13. The molecule has 3 fully saturated rings. The van der Waals surface area contributed by atoms with Crippen LogP contribution in [0.2, 0.25) is 0 Å². The maximum Gasteiger partial charge on any atom is 0.490 e. The molecule has 1 aromatic carbocycles. The molecule has 1 spiro atoms. The lowest BCUT2D eigenvalue weighted by Gasteiger charge is -2.38. The van der Waals surface area contributed by atoms with Crippen LogP contribution in [0.15, 0.2) is 24.3 Å². The number of amides is 1. The third-order valence-corrected chi connectivity index (χ3v) is 6.57. The van der Waals surface area contributed by atoms with Gasteiger partial charge in [-0.05, 0) is 69.7 Å². The second-order valence-electron chi connectivity index (χ2n) is 9.11. The van der Waals surface area contributed by atoms with Gasteiger partial charge in [0.1, 0.15) is 0 Å². The van der Waals surface area contributed by atoms with Gasteiger partial charge in [0.25, 0.3) is 5.91 Å².